The number of anilines is 2. The fraction of sp³-hybridized carbons (Fsp3) is 0.483. The number of hydrogen-bond acceptors (Lipinski definition) is 7. The van der Waals surface area contributed by atoms with Crippen LogP contribution < -0.4 is 10.2 Å². The maximum absolute atomic E-state index is 6.39. The normalized spacial score (nSPS) is 17.8. The van der Waals surface area contributed by atoms with Gasteiger partial charge >= 0.3 is 0 Å². The van der Waals surface area contributed by atoms with Crippen LogP contribution in [0, 0.1) is 0 Å². The van der Waals surface area contributed by atoms with Crippen molar-refractivity contribution < 1.29 is 0 Å². The second-order valence-corrected chi connectivity index (χ2v) is 11.3. The van der Waals surface area contributed by atoms with Gasteiger partial charge < -0.3 is 20.0 Å². The van der Waals surface area contributed by atoms with Gasteiger partial charge in [0.05, 0.1) is 16.4 Å². The molecule has 3 heterocycles. The molecule has 0 bridgehead atoms. The highest BCUT2D eigenvalue weighted by molar-refractivity contribution is 7.14. The molecule has 0 saturated carbocycles. The van der Waals surface area contributed by atoms with E-state index in [1.807, 2.05) is 19.2 Å². The Morgan fingerprint density at radius 2 is 1.43 bits per heavy atom. The quantitative estimate of drug-likeness (QED) is 0.397. The molecule has 3 aromatic rings. The summed E-state index contributed by atoms with van der Waals surface area (Å²) in [6.07, 6.45) is 2.37. The molecule has 2 aliphatic rings. The number of para-hydroxylation sites is 1. The first-order valence-corrected chi connectivity index (χ1v) is 14.8. The third kappa shape index (κ3) is 7.24. The summed E-state index contributed by atoms with van der Waals surface area (Å²) in [5.41, 5.74) is 4.83. The van der Waals surface area contributed by atoms with E-state index in [9.17, 15) is 0 Å². The number of nitrogens with zero attached hydrogens (tertiary/aromatic N) is 5. The lowest BCUT2D eigenvalue weighted by Gasteiger charge is -2.37. The monoisotopic (exact) mass is 538 g/mol. The third-order valence-corrected chi connectivity index (χ3v) is 8.84. The molecular formula is C29H39ClN6S. The summed E-state index contributed by atoms with van der Waals surface area (Å²) in [6.45, 7) is 12.7. The Balaban J connectivity index is 0.956. The topological polar surface area (TPSA) is 37.9 Å². The zero-order chi connectivity index (χ0) is 25.5. The van der Waals surface area contributed by atoms with Gasteiger partial charge in [0.2, 0.25) is 0 Å². The molecule has 0 unspecified atom stereocenters. The Bertz CT molecular complexity index is 1100. The lowest BCUT2D eigenvalue weighted by atomic mass is 10.1. The first-order chi connectivity index (χ1) is 18.2. The predicted molar refractivity (Wildman–Crippen MR) is 158 cm³/mol. The smallest absolute Gasteiger partial charge is 0.182 e. The molecule has 0 aliphatic carbocycles. The van der Waals surface area contributed by atoms with Crippen LogP contribution in [0.5, 0.6) is 0 Å². The molecular weight excluding hydrogens is 500 g/mol. The number of thiazole rings is 1. The summed E-state index contributed by atoms with van der Waals surface area (Å²) in [4.78, 5) is 14.9. The van der Waals surface area contributed by atoms with E-state index in [1.165, 1.54) is 62.5 Å². The number of aromatic nitrogens is 1. The molecule has 2 aromatic carbocycles. The van der Waals surface area contributed by atoms with E-state index in [1.54, 1.807) is 11.3 Å². The van der Waals surface area contributed by atoms with Crippen LogP contribution in [0.3, 0.4) is 0 Å². The molecule has 6 nitrogen and oxygen atoms in total. The van der Waals surface area contributed by atoms with Crippen molar-refractivity contribution in [3.05, 3.63) is 64.5 Å². The minimum atomic E-state index is 0.864. The van der Waals surface area contributed by atoms with Crippen molar-refractivity contribution in [2.24, 2.45) is 0 Å². The van der Waals surface area contributed by atoms with Crippen LogP contribution in [-0.4, -0.2) is 98.7 Å². The van der Waals surface area contributed by atoms with Crippen LogP contribution in [0.1, 0.15) is 12.0 Å². The number of halogens is 1. The highest BCUT2D eigenvalue weighted by atomic mass is 35.5. The van der Waals surface area contributed by atoms with Crippen molar-refractivity contribution in [3.63, 3.8) is 0 Å². The molecule has 0 spiro atoms. The zero-order valence-electron chi connectivity index (χ0n) is 21.9. The first kappa shape index (κ1) is 26.4. The maximum atomic E-state index is 6.39. The van der Waals surface area contributed by atoms with Crippen LogP contribution in [0.4, 0.5) is 10.8 Å². The molecule has 2 saturated heterocycles. The Morgan fingerprint density at radius 3 is 2.05 bits per heavy atom. The fourth-order valence-electron chi connectivity index (χ4n) is 5.33. The predicted octanol–water partition coefficient (Wildman–Crippen LogP) is 4.88. The van der Waals surface area contributed by atoms with Crippen molar-refractivity contribution in [2.45, 2.75) is 12.8 Å². The Hall–Kier alpha value is -2.16. The van der Waals surface area contributed by atoms with Gasteiger partial charge in [-0.2, -0.15) is 0 Å². The van der Waals surface area contributed by atoms with Crippen LogP contribution in [0.25, 0.3) is 11.3 Å². The van der Waals surface area contributed by atoms with Crippen LogP contribution in [-0.2, 0) is 6.42 Å². The van der Waals surface area contributed by atoms with Gasteiger partial charge in [-0.25, -0.2) is 4.98 Å². The van der Waals surface area contributed by atoms with Crippen LogP contribution >= 0.6 is 22.9 Å². The molecule has 5 rings (SSSR count). The number of benzene rings is 2. The maximum Gasteiger partial charge on any atom is 0.182 e. The molecule has 1 aromatic heterocycles. The fourth-order valence-corrected chi connectivity index (χ4v) is 6.26. The first-order valence-electron chi connectivity index (χ1n) is 13.6. The second-order valence-electron chi connectivity index (χ2n) is 10.1. The average molecular weight is 539 g/mol. The van der Waals surface area contributed by atoms with Gasteiger partial charge in [0.1, 0.15) is 0 Å². The van der Waals surface area contributed by atoms with Crippen LogP contribution in [0.15, 0.2) is 53.9 Å². The highest BCUT2D eigenvalue weighted by Gasteiger charge is 2.20. The number of piperazine rings is 2. The van der Waals surface area contributed by atoms with Gasteiger partial charge in [-0.3, -0.25) is 4.90 Å². The zero-order valence-corrected chi connectivity index (χ0v) is 23.5. The SMILES string of the molecule is CNc1nc(-c2ccc(CCN3CCN(CCCN4CCN(c5ccccc5Cl)CC4)CC3)cc2)cs1. The largest absolute Gasteiger partial charge is 0.368 e. The van der Waals surface area contributed by atoms with Crippen LogP contribution in [0.2, 0.25) is 5.02 Å². The van der Waals surface area contributed by atoms with Gasteiger partial charge in [0.25, 0.3) is 0 Å². The van der Waals surface area contributed by atoms with Gasteiger partial charge in [-0.05, 0) is 43.6 Å². The van der Waals surface area contributed by atoms with E-state index in [0.29, 0.717) is 0 Å². The van der Waals surface area contributed by atoms with Crippen molar-refractivity contribution in [1.82, 2.24) is 19.7 Å². The Morgan fingerprint density at radius 1 is 0.811 bits per heavy atom. The molecule has 2 fully saturated rings. The molecule has 0 radical (unpaired) electrons. The summed E-state index contributed by atoms with van der Waals surface area (Å²) < 4.78 is 0. The van der Waals surface area contributed by atoms with Gasteiger partial charge in [-0.1, -0.05) is 48.0 Å². The summed E-state index contributed by atoms with van der Waals surface area (Å²) in [5, 5.41) is 7.05. The standard InChI is InChI=1S/C29H39ClN6S/c1-31-29-32-27(23-37-29)25-9-7-24(8-10-25)11-14-35-17-15-33(16-18-35)12-4-13-34-19-21-36(22-20-34)28-6-3-2-5-26(28)30/h2-3,5-10,23H,4,11-22H2,1H3,(H,31,32). The molecule has 0 amide bonds. The summed E-state index contributed by atoms with van der Waals surface area (Å²) in [5.74, 6) is 0. The lowest BCUT2D eigenvalue weighted by Crippen LogP contribution is -2.49. The van der Waals surface area contributed by atoms with E-state index in [0.717, 1.165) is 55.0 Å². The molecule has 37 heavy (non-hydrogen) atoms. The van der Waals surface area contributed by atoms with E-state index >= 15 is 0 Å². The Kier molecular flexibility index (Phi) is 9.34. The van der Waals surface area contributed by atoms with Gasteiger partial charge in [0.15, 0.2) is 5.13 Å². The minimum absolute atomic E-state index is 0.864. The molecule has 8 heteroatoms. The Labute approximate surface area is 230 Å². The van der Waals surface area contributed by atoms with E-state index in [4.69, 9.17) is 11.6 Å². The summed E-state index contributed by atoms with van der Waals surface area (Å²) in [6, 6.07) is 17.1. The number of rotatable bonds is 10. The highest BCUT2D eigenvalue weighted by Crippen LogP contribution is 2.26. The van der Waals surface area contributed by atoms with Crippen molar-refractivity contribution in [2.75, 3.05) is 89.3 Å². The molecule has 1 N–H and O–H groups in total. The minimum Gasteiger partial charge on any atom is -0.368 e. The summed E-state index contributed by atoms with van der Waals surface area (Å²) >= 11 is 8.04. The van der Waals surface area contributed by atoms with Crippen molar-refractivity contribution >= 4 is 33.8 Å². The van der Waals surface area contributed by atoms with E-state index in [-0.39, 0.29) is 0 Å². The van der Waals surface area contributed by atoms with Crippen molar-refractivity contribution in [3.8, 4) is 11.3 Å². The number of nitrogens with one attached hydrogen (secondary N) is 1. The molecule has 198 valence electrons. The average Bonchev–Trinajstić information content (AvgIpc) is 3.43. The summed E-state index contributed by atoms with van der Waals surface area (Å²) in [7, 11) is 1.91. The number of hydrogen-bond donors (Lipinski definition) is 1. The lowest BCUT2D eigenvalue weighted by molar-refractivity contribution is 0.127. The molecule has 0 atom stereocenters. The second kappa shape index (κ2) is 13.1. The van der Waals surface area contributed by atoms with E-state index in [2.05, 4.69) is 71.7 Å². The van der Waals surface area contributed by atoms with Crippen molar-refractivity contribution in [1.29, 1.82) is 0 Å². The third-order valence-electron chi connectivity index (χ3n) is 7.66. The van der Waals surface area contributed by atoms with Gasteiger partial charge in [0, 0.05) is 76.9 Å². The van der Waals surface area contributed by atoms with E-state index < -0.39 is 0 Å². The van der Waals surface area contributed by atoms with Gasteiger partial charge in [-0.15, -0.1) is 11.3 Å². The molecule has 2 aliphatic heterocycles.